The van der Waals surface area contributed by atoms with Crippen LogP contribution in [0.4, 0.5) is 0 Å². The highest BCUT2D eigenvalue weighted by Gasteiger charge is 2.14. The van der Waals surface area contributed by atoms with Crippen LogP contribution < -0.4 is 0 Å². The number of aromatic hydroxyl groups is 2. The van der Waals surface area contributed by atoms with E-state index in [9.17, 15) is 19.8 Å². The first kappa shape index (κ1) is 29.2. The van der Waals surface area contributed by atoms with Gasteiger partial charge in [0.15, 0.2) is 0 Å². The minimum absolute atomic E-state index is 0.0373. The second-order valence-electron chi connectivity index (χ2n) is 9.64. The molecule has 0 radical (unpaired) electrons. The average molecular weight is 471 g/mol. The first-order valence-corrected chi connectivity index (χ1v) is 12.1. The van der Waals surface area contributed by atoms with Crippen molar-refractivity contribution >= 4 is 11.8 Å². The van der Waals surface area contributed by atoms with Crippen LogP contribution in [-0.4, -0.2) is 28.1 Å². The van der Waals surface area contributed by atoms with Gasteiger partial charge in [-0.3, -0.25) is 9.59 Å². The standard InChI is InChI=1S/C29H42O5/c1-19(2)11-14-28(32)22(5)10-8-9-20(3)15-27(34-24(7)30)16-21(4)12-13-25-18-26(31)17-23(6)29(25)33/h11-12,15,17-18,22,27,31,33H,8-10,13-14,16H2,1-7H3/b20-15+,21-12+. The minimum Gasteiger partial charge on any atom is -0.508 e. The third kappa shape index (κ3) is 11.4. The molecule has 2 atom stereocenters. The molecule has 0 fully saturated rings. The summed E-state index contributed by atoms with van der Waals surface area (Å²) < 4.78 is 5.52. The van der Waals surface area contributed by atoms with E-state index in [1.54, 1.807) is 13.0 Å². The van der Waals surface area contributed by atoms with Crippen LogP contribution in [0, 0.1) is 12.8 Å². The van der Waals surface area contributed by atoms with Crippen LogP contribution in [0.5, 0.6) is 11.5 Å². The van der Waals surface area contributed by atoms with Gasteiger partial charge in [-0.25, -0.2) is 0 Å². The van der Waals surface area contributed by atoms with E-state index in [2.05, 4.69) is 0 Å². The van der Waals surface area contributed by atoms with Crippen molar-refractivity contribution in [1.29, 1.82) is 0 Å². The van der Waals surface area contributed by atoms with Crippen LogP contribution in [0.1, 0.15) is 84.8 Å². The zero-order chi connectivity index (χ0) is 25.8. The molecule has 5 heteroatoms. The monoisotopic (exact) mass is 470 g/mol. The highest BCUT2D eigenvalue weighted by Crippen LogP contribution is 2.28. The van der Waals surface area contributed by atoms with E-state index in [0.717, 1.165) is 36.0 Å². The normalized spacial score (nSPS) is 13.9. The second-order valence-corrected chi connectivity index (χ2v) is 9.64. The SMILES string of the molecule is CC(=O)OC(/C=C(\C)CCCC(C)C(=O)CC=C(C)C)C/C(C)=C/Cc1cc(O)cc(C)c1O. The number of ether oxygens (including phenoxy) is 1. The molecule has 1 aromatic rings. The van der Waals surface area contributed by atoms with Crippen LogP contribution in [0.3, 0.4) is 0 Å². The first-order valence-electron chi connectivity index (χ1n) is 12.1. The molecule has 0 aliphatic heterocycles. The Bertz CT molecular complexity index is 932. The maximum Gasteiger partial charge on any atom is 0.303 e. The molecule has 0 spiro atoms. The maximum absolute atomic E-state index is 12.2. The van der Waals surface area contributed by atoms with Gasteiger partial charge < -0.3 is 14.9 Å². The molecule has 0 aliphatic carbocycles. The smallest absolute Gasteiger partial charge is 0.303 e. The Balaban J connectivity index is 2.72. The zero-order valence-corrected chi connectivity index (χ0v) is 21.9. The molecule has 0 aliphatic rings. The molecule has 1 aromatic carbocycles. The van der Waals surface area contributed by atoms with Gasteiger partial charge in [0.1, 0.15) is 23.4 Å². The predicted molar refractivity (Wildman–Crippen MR) is 138 cm³/mol. The van der Waals surface area contributed by atoms with Crippen LogP contribution in [0.15, 0.2) is 47.1 Å². The lowest BCUT2D eigenvalue weighted by Gasteiger charge is -2.16. The summed E-state index contributed by atoms with van der Waals surface area (Å²) in [6.07, 6.45) is 9.69. The summed E-state index contributed by atoms with van der Waals surface area (Å²) in [7, 11) is 0. The number of hydrogen-bond acceptors (Lipinski definition) is 5. The molecule has 0 heterocycles. The molecular weight excluding hydrogens is 428 g/mol. The fourth-order valence-corrected chi connectivity index (χ4v) is 3.77. The number of carbonyl (C=O) groups excluding carboxylic acids is 2. The fourth-order valence-electron chi connectivity index (χ4n) is 3.77. The van der Waals surface area contributed by atoms with E-state index in [0.29, 0.717) is 30.4 Å². The fraction of sp³-hybridized carbons (Fsp3) is 0.517. The zero-order valence-electron chi connectivity index (χ0n) is 21.9. The van der Waals surface area contributed by atoms with E-state index in [1.807, 2.05) is 52.8 Å². The third-order valence-electron chi connectivity index (χ3n) is 5.81. The molecule has 0 saturated heterocycles. The van der Waals surface area contributed by atoms with Gasteiger partial charge >= 0.3 is 5.97 Å². The van der Waals surface area contributed by atoms with E-state index in [1.165, 1.54) is 13.0 Å². The highest BCUT2D eigenvalue weighted by atomic mass is 16.5. The number of phenols is 2. The number of aryl methyl sites for hydroxylation is 1. The molecule has 34 heavy (non-hydrogen) atoms. The van der Waals surface area contributed by atoms with Gasteiger partial charge in [-0.2, -0.15) is 0 Å². The van der Waals surface area contributed by atoms with E-state index < -0.39 is 0 Å². The maximum atomic E-state index is 12.2. The molecular formula is C29H42O5. The van der Waals surface area contributed by atoms with Gasteiger partial charge in [0.2, 0.25) is 0 Å². The number of esters is 1. The Hall–Kier alpha value is -2.82. The minimum atomic E-state index is -0.370. The number of phenolic OH excluding ortho intramolecular Hbond substituents is 2. The quantitative estimate of drug-likeness (QED) is 0.186. The molecule has 188 valence electrons. The third-order valence-corrected chi connectivity index (χ3v) is 5.81. The Morgan fingerprint density at radius 2 is 1.71 bits per heavy atom. The summed E-state index contributed by atoms with van der Waals surface area (Å²) >= 11 is 0. The molecule has 0 saturated carbocycles. The molecule has 0 aromatic heterocycles. The number of ketones is 1. The summed E-state index contributed by atoms with van der Waals surface area (Å²) in [5.74, 6) is 0.287. The van der Waals surface area contributed by atoms with Gasteiger partial charge in [-0.15, -0.1) is 0 Å². The van der Waals surface area contributed by atoms with Crippen molar-refractivity contribution in [3.05, 3.63) is 58.2 Å². The van der Waals surface area contributed by atoms with Crippen LogP contribution in [-0.2, 0) is 20.7 Å². The van der Waals surface area contributed by atoms with Gasteiger partial charge in [0.05, 0.1) is 0 Å². The largest absolute Gasteiger partial charge is 0.508 e. The molecule has 0 amide bonds. The Kier molecular flexibility index (Phi) is 12.4. The van der Waals surface area contributed by atoms with E-state index >= 15 is 0 Å². The van der Waals surface area contributed by atoms with Gasteiger partial charge in [0, 0.05) is 31.2 Å². The van der Waals surface area contributed by atoms with E-state index in [-0.39, 0.29) is 35.3 Å². The van der Waals surface area contributed by atoms with Crippen LogP contribution in [0.2, 0.25) is 0 Å². The summed E-state index contributed by atoms with van der Waals surface area (Å²) in [5.41, 5.74) is 4.60. The van der Waals surface area contributed by atoms with Crippen molar-refractivity contribution in [3.63, 3.8) is 0 Å². The van der Waals surface area contributed by atoms with E-state index in [4.69, 9.17) is 4.74 Å². The number of allylic oxidation sites excluding steroid dienone is 4. The van der Waals surface area contributed by atoms with Crippen molar-refractivity contribution in [1.82, 2.24) is 0 Å². The molecule has 0 bridgehead atoms. The van der Waals surface area contributed by atoms with Crippen molar-refractivity contribution in [2.24, 2.45) is 5.92 Å². The van der Waals surface area contributed by atoms with Crippen LogP contribution in [0.25, 0.3) is 0 Å². The highest BCUT2D eigenvalue weighted by molar-refractivity contribution is 5.82. The van der Waals surface area contributed by atoms with Crippen molar-refractivity contribution in [2.45, 2.75) is 93.1 Å². The number of benzene rings is 1. The lowest BCUT2D eigenvalue weighted by Crippen LogP contribution is -2.15. The molecule has 1 rings (SSSR count). The Labute approximate surface area is 205 Å². The Morgan fingerprint density at radius 1 is 1.03 bits per heavy atom. The van der Waals surface area contributed by atoms with Crippen molar-refractivity contribution < 1.29 is 24.5 Å². The summed E-state index contributed by atoms with van der Waals surface area (Å²) in [4.78, 5) is 23.8. The number of carbonyl (C=O) groups is 2. The van der Waals surface area contributed by atoms with Gasteiger partial charge in [-0.1, -0.05) is 35.8 Å². The summed E-state index contributed by atoms with van der Waals surface area (Å²) in [6, 6.07) is 3.09. The number of rotatable bonds is 13. The number of hydrogen-bond donors (Lipinski definition) is 2. The average Bonchev–Trinajstić information content (AvgIpc) is 2.72. The summed E-state index contributed by atoms with van der Waals surface area (Å²) in [5, 5.41) is 20.0. The van der Waals surface area contributed by atoms with Crippen LogP contribution >= 0.6 is 0 Å². The molecule has 2 unspecified atom stereocenters. The molecule has 2 N–H and O–H groups in total. The number of Topliss-reactive ketones (excluding diaryl/α,β-unsaturated/α-hetero) is 1. The van der Waals surface area contributed by atoms with Gasteiger partial charge in [-0.05, 0) is 84.1 Å². The Morgan fingerprint density at radius 3 is 2.32 bits per heavy atom. The summed E-state index contributed by atoms with van der Waals surface area (Å²) in [6.45, 7) is 13.1. The second kappa shape index (κ2) is 14.4. The van der Waals surface area contributed by atoms with Gasteiger partial charge in [0.25, 0.3) is 0 Å². The lowest BCUT2D eigenvalue weighted by atomic mass is 9.95. The van der Waals surface area contributed by atoms with Crippen molar-refractivity contribution in [2.75, 3.05) is 0 Å². The lowest BCUT2D eigenvalue weighted by molar-refractivity contribution is -0.144. The first-order chi connectivity index (χ1) is 15.9. The topological polar surface area (TPSA) is 83.8 Å². The molecule has 5 nitrogen and oxygen atoms in total. The van der Waals surface area contributed by atoms with Crippen molar-refractivity contribution in [3.8, 4) is 11.5 Å². The predicted octanol–water partition coefficient (Wildman–Crippen LogP) is 6.89.